The molecule has 9 heteroatoms. The van der Waals surface area contributed by atoms with E-state index in [1.54, 1.807) is 18.2 Å². The van der Waals surface area contributed by atoms with Crippen LogP contribution in [0, 0.1) is 11.3 Å². The number of nitriles is 1. The van der Waals surface area contributed by atoms with E-state index < -0.39 is 11.7 Å². The van der Waals surface area contributed by atoms with Gasteiger partial charge in [0.05, 0.1) is 28.3 Å². The normalized spacial score (nSPS) is 17.3. The van der Waals surface area contributed by atoms with Crippen LogP contribution in [0.25, 0.3) is 22.0 Å². The van der Waals surface area contributed by atoms with Crippen LogP contribution < -0.4 is 5.32 Å². The van der Waals surface area contributed by atoms with Crippen molar-refractivity contribution in [2.75, 3.05) is 31.5 Å². The number of alkyl halides is 3. The van der Waals surface area contributed by atoms with Crippen LogP contribution in [0.15, 0.2) is 72.8 Å². The number of anilines is 1. The molecule has 1 N–H and O–H groups in total. The molecule has 2 fully saturated rings. The van der Waals surface area contributed by atoms with Crippen LogP contribution in [0.1, 0.15) is 52.7 Å². The van der Waals surface area contributed by atoms with Crippen molar-refractivity contribution in [3.8, 4) is 17.2 Å². The molecule has 0 aliphatic carbocycles. The monoisotopic (exact) mass is 583 g/mol. The van der Waals surface area contributed by atoms with Gasteiger partial charge >= 0.3 is 6.18 Å². The van der Waals surface area contributed by atoms with E-state index in [9.17, 15) is 18.0 Å². The zero-order valence-electron chi connectivity index (χ0n) is 23.7. The van der Waals surface area contributed by atoms with Crippen molar-refractivity contribution in [1.29, 1.82) is 5.26 Å². The topological polar surface area (TPSA) is 72.3 Å². The first-order valence-electron chi connectivity index (χ1n) is 14.7. The number of carbonyl (C=O) groups excluding carboxylic acids is 1. The van der Waals surface area contributed by atoms with Gasteiger partial charge in [-0.15, -0.1) is 0 Å². The molecule has 6 nitrogen and oxygen atoms in total. The van der Waals surface area contributed by atoms with Gasteiger partial charge in [0.15, 0.2) is 0 Å². The first-order valence-corrected chi connectivity index (χ1v) is 14.7. The van der Waals surface area contributed by atoms with Crippen LogP contribution in [-0.2, 0) is 12.7 Å². The predicted octanol–water partition coefficient (Wildman–Crippen LogP) is 7.10. The second-order valence-corrected chi connectivity index (χ2v) is 11.3. The summed E-state index contributed by atoms with van der Waals surface area (Å²) in [5.41, 5.74) is 3.55. The van der Waals surface area contributed by atoms with E-state index in [0.29, 0.717) is 34.6 Å². The van der Waals surface area contributed by atoms with Gasteiger partial charge in [0.1, 0.15) is 5.82 Å². The lowest BCUT2D eigenvalue weighted by Crippen LogP contribution is -2.42. The van der Waals surface area contributed by atoms with Crippen LogP contribution >= 0.6 is 0 Å². The number of halogens is 3. The standard InChI is InChI=1S/C34H32F3N5O/c35-34(36,37)27-12-7-24(8-13-27)21-39-32-19-30(33(43)42-17-3-4-28(42)22-41-15-1-2-16-41)29-14-11-26(18-31(29)40-32)25-9-5-23(20-38)6-10-25/h5-14,18-19,28H,1-4,15-17,21-22H2,(H,39,40)/t28-/m0/s1. The molecule has 2 aliphatic heterocycles. The number of likely N-dealkylation sites (tertiary alicyclic amines) is 2. The highest BCUT2D eigenvalue weighted by atomic mass is 19.4. The molecule has 0 bridgehead atoms. The van der Waals surface area contributed by atoms with E-state index in [4.69, 9.17) is 10.2 Å². The molecular formula is C34H32F3N5O. The first kappa shape index (κ1) is 28.7. The van der Waals surface area contributed by atoms with Crippen molar-refractivity contribution in [3.05, 3.63) is 95.1 Å². The number of nitrogens with one attached hydrogen (secondary N) is 1. The number of hydrogen-bond acceptors (Lipinski definition) is 5. The lowest BCUT2D eigenvalue weighted by Gasteiger charge is -2.29. The third kappa shape index (κ3) is 6.35. The molecule has 0 unspecified atom stereocenters. The number of carbonyl (C=O) groups is 1. The van der Waals surface area contributed by atoms with Crippen LogP contribution in [-0.4, -0.2) is 52.9 Å². The maximum atomic E-state index is 14.1. The molecule has 0 radical (unpaired) electrons. The molecule has 6 rings (SSSR count). The van der Waals surface area contributed by atoms with Crippen molar-refractivity contribution < 1.29 is 18.0 Å². The van der Waals surface area contributed by atoms with Gasteiger partial charge in [0.2, 0.25) is 0 Å². The van der Waals surface area contributed by atoms with Crippen molar-refractivity contribution in [3.63, 3.8) is 0 Å². The highest BCUT2D eigenvalue weighted by Crippen LogP contribution is 2.32. The number of nitrogens with zero attached hydrogens (tertiary/aromatic N) is 4. The Labute approximate surface area is 248 Å². The average Bonchev–Trinajstić information content (AvgIpc) is 3.71. The van der Waals surface area contributed by atoms with Crippen molar-refractivity contribution in [2.45, 2.75) is 44.4 Å². The number of rotatable bonds is 7. The molecular weight excluding hydrogens is 551 g/mol. The van der Waals surface area contributed by atoms with E-state index in [2.05, 4.69) is 16.3 Å². The lowest BCUT2D eigenvalue weighted by molar-refractivity contribution is -0.137. The molecule has 1 amide bonds. The molecule has 43 heavy (non-hydrogen) atoms. The summed E-state index contributed by atoms with van der Waals surface area (Å²) >= 11 is 0. The van der Waals surface area contributed by atoms with Crippen molar-refractivity contribution in [2.24, 2.45) is 0 Å². The summed E-state index contributed by atoms with van der Waals surface area (Å²) in [5.74, 6) is 0.445. The average molecular weight is 584 g/mol. The summed E-state index contributed by atoms with van der Waals surface area (Å²) < 4.78 is 39.1. The molecule has 1 atom stereocenters. The highest BCUT2D eigenvalue weighted by Gasteiger charge is 2.33. The Bertz CT molecular complexity index is 1660. The van der Waals surface area contributed by atoms with Crippen molar-refractivity contribution >= 4 is 22.6 Å². The quantitative estimate of drug-likeness (QED) is 0.251. The molecule has 3 aromatic carbocycles. The van der Waals surface area contributed by atoms with Gasteiger partial charge < -0.3 is 15.1 Å². The van der Waals surface area contributed by atoms with E-state index in [-0.39, 0.29) is 18.5 Å². The Balaban J connectivity index is 1.33. The molecule has 3 heterocycles. The van der Waals surface area contributed by atoms with Crippen molar-refractivity contribution in [1.82, 2.24) is 14.8 Å². The van der Waals surface area contributed by atoms with E-state index >= 15 is 0 Å². The zero-order valence-corrected chi connectivity index (χ0v) is 23.7. The fraction of sp³-hybridized carbons (Fsp3) is 0.324. The minimum absolute atomic E-state index is 0.0298. The molecule has 0 saturated carbocycles. The minimum Gasteiger partial charge on any atom is -0.366 e. The van der Waals surface area contributed by atoms with Crippen LogP contribution in [0.4, 0.5) is 19.0 Å². The molecule has 220 valence electrons. The number of pyridine rings is 1. The van der Waals surface area contributed by atoms with Gasteiger partial charge in [-0.3, -0.25) is 4.79 Å². The minimum atomic E-state index is -4.39. The maximum Gasteiger partial charge on any atom is 0.416 e. The molecule has 1 aromatic heterocycles. The van der Waals surface area contributed by atoms with E-state index in [1.807, 2.05) is 35.2 Å². The fourth-order valence-electron chi connectivity index (χ4n) is 6.13. The first-order chi connectivity index (χ1) is 20.8. The maximum absolute atomic E-state index is 14.1. The Morgan fingerprint density at radius 3 is 2.35 bits per heavy atom. The highest BCUT2D eigenvalue weighted by molar-refractivity contribution is 6.07. The summed E-state index contributed by atoms with van der Waals surface area (Å²) in [4.78, 5) is 23.4. The van der Waals surface area contributed by atoms with Gasteiger partial charge in [0, 0.05) is 31.1 Å². The van der Waals surface area contributed by atoms with Crippen LogP contribution in [0.3, 0.4) is 0 Å². The molecule has 4 aromatic rings. The number of fused-ring (bicyclic) bond motifs is 1. The zero-order chi connectivity index (χ0) is 30.0. The third-order valence-electron chi connectivity index (χ3n) is 8.45. The van der Waals surface area contributed by atoms with Gasteiger partial charge in [0.25, 0.3) is 5.91 Å². The largest absolute Gasteiger partial charge is 0.416 e. The Morgan fingerprint density at radius 1 is 0.930 bits per heavy atom. The molecule has 2 saturated heterocycles. The summed E-state index contributed by atoms with van der Waals surface area (Å²) in [7, 11) is 0. The number of amides is 1. The second kappa shape index (κ2) is 12.1. The Morgan fingerprint density at radius 2 is 1.65 bits per heavy atom. The molecule has 0 spiro atoms. The Hall–Kier alpha value is -4.42. The van der Waals surface area contributed by atoms with Gasteiger partial charge in [-0.05, 0) is 91.9 Å². The van der Waals surface area contributed by atoms with E-state index in [1.165, 1.54) is 25.0 Å². The number of benzene rings is 3. The van der Waals surface area contributed by atoms with Gasteiger partial charge in [-0.25, -0.2) is 4.98 Å². The SMILES string of the molecule is N#Cc1ccc(-c2ccc3c(C(=O)N4CCC[C@H]4CN4CCCC4)cc(NCc4ccc(C(F)(F)F)cc4)nc3c2)cc1. The predicted molar refractivity (Wildman–Crippen MR) is 160 cm³/mol. The third-order valence-corrected chi connectivity index (χ3v) is 8.45. The van der Waals surface area contributed by atoms with Gasteiger partial charge in [-0.2, -0.15) is 18.4 Å². The van der Waals surface area contributed by atoms with Gasteiger partial charge in [-0.1, -0.05) is 36.4 Å². The molecule has 2 aliphatic rings. The van der Waals surface area contributed by atoms with Crippen LogP contribution in [0.5, 0.6) is 0 Å². The number of hydrogen-bond donors (Lipinski definition) is 1. The summed E-state index contributed by atoms with van der Waals surface area (Å²) in [6.45, 7) is 4.00. The summed E-state index contributed by atoms with van der Waals surface area (Å²) in [6, 6.07) is 22.2. The summed E-state index contributed by atoms with van der Waals surface area (Å²) in [6.07, 6.45) is -0.0470. The number of aromatic nitrogens is 1. The Kier molecular flexibility index (Phi) is 8.04. The fourth-order valence-corrected chi connectivity index (χ4v) is 6.13. The van der Waals surface area contributed by atoms with E-state index in [0.717, 1.165) is 61.1 Å². The smallest absolute Gasteiger partial charge is 0.366 e. The lowest BCUT2D eigenvalue weighted by atomic mass is 10.00. The second-order valence-electron chi connectivity index (χ2n) is 11.3. The summed E-state index contributed by atoms with van der Waals surface area (Å²) in [5, 5.41) is 13.1. The van der Waals surface area contributed by atoms with Crippen LogP contribution in [0.2, 0.25) is 0 Å².